The number of para-hydroxylation sites is 1. The lowest BCUT2D eigenvalue weighted by atomic mass is 10.0. The van der Waals surface area contributed by atoms with Gasteiger partial charge in [-0.1, -0.05) is 60.7 Å². The van der Waals surface area contributed by atoms with Gasteiger partial charge in [0.2, 0.25) is 0 Å². The van der Waals surface area contributed by atoms with Crippen LogP contribution < -0.4 is 15.1 Å². The van der Waals surface area contributed by atoms with E-state index in [0.717, 1.165) is 11.1 Å². The van der Waals surface area contributed by atoms with E-state index in [-0.39, 0.29) is 11.1 Å². The zero-order valence-electron chi connectivity index (χ0n) is 14.2. The first-order valence-corrected chi connectivity index (χ1v) is 10.1. The third-order valence-corrected chi connectivity index (χ3v) is 7.41. The Morgan fingerprint density at radius 3 is 2.30 bits per heavy atom. The lowest BCUT2D eigenvalue weighted by molar-refractivity contribution is 0.406. The maximum Gasteiger partial charge on any atom is 0.311 e. The van der Waals surface area contributed by atoms with Crippen LogP contribution in [0.5, 0.6) is 17.2 Å². The largest absolute Gasteiger partial charge is 0.504 e. The average Bonchev–Trinajstić information content (AvgIpc) is 2.69. The molecular formula is C22H15O4P. The molecule has 0 aliphatic carbocycles. The lowest BCUT2D eigenvalue weighted by Gasteiger charge is -2.30. The van der Waals surface area contributed by atoms with Gasteiger partial charge in [-0.25, -0.2) is 0 Å². The number of fused-ring (bicyclic) bond motifs is 4. The van der Waals surface area contributed by atoms with E-state index in [1.807, 2.05) is 36.4 Å². The maximum atomic E-state index is 14.3. The van der Waals surface area contributed by atoms with Crippen LogP contribution in [0.15, 0.2) is 78.9 Å². The van der Waals surface area contributed by atoms with Crippen LogP contribution in [0.25, 0.3) is 21.9 Å². The van der Waals surface area contributed by atoms with Crippen molar-refractivity contribution >= 4 is 28.8 Å². The van der Waals surface area contributed by atoms with Gasteiger partial charge < -0.3 is 14.7 Å². The van der Waals surface area contributed by atoms with Crippen molar-refractivity contribution in [1.29, 1.82) is 0 Å². The number of benzene rings is 4. The van der Waals surface area contributed by atoms with Crippen LogP contribution >= 0.6 is 7.37 Å². The van der Waals surface area contributed by atoms with Crippen LogP contribution in [0.1, 0.15) is 0 Å². The first-order chi connectivity index (χ1) is 13.1. The first-order valence-electron chi connectivity index (χ1n) is 8.52. The predicted octanol–water partition coefficient (Wildman–Crippen LogP) is 4.54. The van der Waals surface area contributed by atoms with E-state index in [2.05, 4.69) is 0 Å². The van der Waals surface area contributed by atoms with Crippen molar-refractivity contribution in [3.63, 3.8) is 0 Å². The topological polar surface area (TPSA) is 66.8 Å². The van der Waals surface area contributed by atoms with Crippen LogP contribution in [0.4, 0.5) is 0 Å². The van der Waals surface area contributed by atoms with E-state index in [1.54, 1.807) is 36.4 Å². The second-order valence-corrected chi connectivity index (χ2v) is 8.68. The highest BCUT2D eigenvalue weighted by Crippen LogP contribution is 2.57. The van der Waals surface area contributed by atoms with E-state index in [9.17, 15) is 14.8 Å². The van der Waals surface area contributed by atoms with E-state index < -0.39 is 13.1 Å². The average molecular weight is 374 g/mol. The van der Waals surface area contributed by atoms with Crippen molar-refractivity contribution in [3.05, 3.63) is 78.9 Å². The van der Waals surface area contributed by atoms with Gasteiger partial charge in [0, 0.05) is 10.9 Å². The Balaban J connectivity index is 1.92. The summed E-state index contributed by atoms with van der Waals surface area (Å²) < 4.78 is 20.4. The Kier molecular flexibility index (Phi) is 3.33. The molecule has 0 bridgehead atoms. The van der Waals surface area contributed by atoms with E-state index in [4.69, 9.17) is 4.52 Å². The molecule has 0 amide bonds. The molecule has 0 spiro atoms. The van der Waals surface area contributed by atoms with Gasteiger partial charge in [0.1, 0.15) is 11.1 Å². The van der Waals surface area contributed by atoms with Crippen LogP contribution in [0, 0.1) is 0 Å². The molecule has 2 N–H and O–H groups in total. The Labute approximate surface area is 155 Å². The summed E-state index contributed by atoms with van der Waals surface area (Å²) in [7, 11) is -3.71. The molecule has 1 unspecified atom stereocenters. The Morgan fingerprint density at radius 1 is 0.778 bits per heavy atom. The van der Waals surface area contributed by atoms with Gasteiger partial charge in [-0.05, 0) is 29.1 Å². The zero-order chi connectivity index (χ0) is 18.6. The molecule has 0 aromatic heterocycles. The van der Waals surface area contributed by atoms with Gasteiger partial charge in [-0.2, -0.15) is 0 Å². The highest BCUT2D eigenvalue weighted by molar-refractivity contribution is 7.75. The molecule has 1 atom stereocenters. The summed E-state index contributed by atoms with van der Waals surface area (Å²) in [6, 6.07) is 23.4. The SMILES string of the molecule is O=P1(c2c(O)c(O)cc3ccccc23)Oc2ccccc2-c2ccccc21. The molecule has 1 aliphatic heterocycles. The molecule has 4 aromatic rings. The van der Waals surface area contributed by atoms with Gasteiger partial charge >= 0.3 is 7.37 Å². The normalized spacial score (nSPS) is 17.8. The molecule has 27 heavy (non-hydrogen) atoms. The number of phenols is 2. The molecule has 0 saturated carbocycles. The van der Waals surface area contributed by atoms with Crippen LogP contribution in [-0.4, -0.2) is 10.2 Å². The summed E-state index contributed by atoms with van der Waals surface area (Å²) in [5.41, 5.74) is 1.65. The van der Waals surface area contributed by atoms with Crippen LogP contribution in [-0.2, 0) is 4.57 Å². The number of aromatic hydroxyl groups is 2. The fraction of sp³-hybridized carbons (Fsp3) is 0. The molecule has 132 valence electrons. The van der Waals surface area contributed by atoms with Crippen molar-refractivity contribution in [2.24, 2.45) is 0 Å². The molecule has 4 nitrogen and oxygen atoms in total. The third kappa shape index (κ3) is 2.20. The molecule has 5 heteroatoms. The number of hydrogen-bond acceptors (Lipinski definition) is 4. The summed E-state index contributed by atoms with van der Waals surface area (Å²) >= 11 is 0. The summed E-state index contributed by atoms with van der Waals surface area (Å²) in [6.07, 6.45) is 0. The van der Waals surface area contributed by atoms with Gasteiger partial charge in [0.05, 0.1) is 5.30 Å². The number of rotatable bonds is 1. The molecule has 0 saturated heterocycles. The number of hydrogen-bond donors (Lipinski definition) is 2. The van der Waals surface area contributed by atoms with Gasteiger partial charge in [0.25, 0.3) is 0 Å². The molecule has 0 radical (unpaired) electrons. The number of phenolic OH excluding ortho intramolecular Hbond substituents is 2. The second kappa shape index (κ2) is 5.63. The maximum absolute atomic E-state index is 14.3. The lowest BCUT2D eigenvalue weighted by Crippen LogP contribution is -2.26. The summed E-state index contributed by atoms with van der Waals surface area (Å²) in [6.45, 7) is 0. The zero-order valence-corrected chi connectivity index (χ0v) is 15.1. The van der Waals surface area contributed by atoms with Crippen LogP contribution in [0.3, 0.4) is 0 Å². The Morgan fingerprint density at radius 2 is 1.44 bits per heavy atom. The minimum absolute atomic E-state index is 0.125. The minimum Gasteiger partial charge on any atom is -0.504 e. The molecule has 1 heterocycles. The quantitative estimate of drug-likeness (QED) is 0.379. The molecule has 4 aromatic carbocycles. The van der Waals surface area contributed by atoms with Crippen molar-refractivity contribution in [1.82, 2.24) is 0 Å². The second-order valence-electron chi connectivity index (χ2n) is 6.47. The summed E-state index contributed by atoms with van der Waals surface area (Å²) in [5, 5.41) is 22.8. The Hall–Kier alpha value is -3.23. The third-order valence-electron chi connectivity index (χ3n) is 4.89. The molecule has 5 rings (SSSR count). The predicted molar refractivity (Wildman–Crippen MR) is 107 cm³/mol. The summed E-state index contributed by atoms with van der Waals surface area (Å²) in [4.78, 5) is 0. The first kappa shape index (κ1) is 16.0. The summed E-state index contributed by atoms with van der Waals surface area (Å²) in [5.74, 6) is -0.239. The monoisotopic (exact) mass is 374 g/mol. The van der Waals surface area contributed by atoms with Crippen molar-refractivity contribution in [2.75, 3.05) is 0 Å². The fourth-order valence-corrected chi connectivity index (χ4v) is 6.26. The molecule has 1 aliphatic rings. The van der Waals surface area contributed by atoms with Crippen molar-refractivity contribution in [2.45, 2.75) is 0 Å². The smallest absolute Gasteiger partial charge is 0.311 e. The highest BCUT2D eigenvalue weighted by Gasteiger charge is 2.41. The standard InChI is InChI=1S/C22H15O4P/c23-18-13-14-7-1-2-8-15(14)22(21(18)24)27(25)20-12-6-4-10-17(20)16-9-3-5-11-19(16)26-27/h1-13,23-24H. The van der Waals surface area contributed by atoms with Gasteiger partial charge in [-0.15, -0.1) is 0 Å². The highest BCUT2D eigenvalue weighted by atomic mass is 31.2. The van der Waals surface area contributed by atoms with Crippen molar-refractivity contribution < 1.29 is 19.3 Å². The fourth-order valence-electron chi connectivity index (χ4n) is 3.68. The minimum atomic E-state index is -3.71. The van der Waals surface area contributed by atoms with Crippen molar-refractivity contribution in [3.8, 4) is 28.4 Å². The van der Waals surface area contributed by atoms with E-state index >= 15 is 0 Å². The van der Waals surface area contributed by atoms with E-state index in [1.165, 1.54) is 6.07 Å². The molecule has 0 fully saturated rings. The Bertz CT molecular complexity index is 1260. The van der Waals surface area contributed by atoms with Gasteiger partial charge in [0.15, 0.2) is 11.5 Å². The van der Waals surface area contributed by atoms with E-state index in [0.29, 0.717) is 21.8 Å². The van der Waals surface area contributed by atoms with Gasteiger partial charge in [-0.3, -0.25) is 4.57 Å². The molecular weight excluding hydrogens is 359 g/mol. The van der Waals surface area contributed by atoms with Crippen LogP contribution in [0.2, 0.25) is 0 Å².